The molecule has 0 aromatic rings. The largest absolute Gasteiger partial charge is 0.481 e. The average Bonchev–Trinajstić information content (AvgIpc) is 3.08. The Balaban J connectivity index is 2.30. The summed E-state index contributed by atoms with van der Waals surface area (Å²) in [6.07, 6.45) is 6.72. The number of aliphatic carboxylic acids is 1. The fraction of sp³-hybridized carbons (Fsp3) is 0.667. The topological polar surface area (TPSA) is 69.6 Å². The number of allylic oxidation sites excluding steroid dienone is 1. The van der Waals surface area contributed by atoms with Crippen molar-refractivity contribution in [2.45, 2.75) is 38.6 Å². The molecule has 5 nitrogen and oxygen atoms in total. The van der Waals surface area contributed by atoms with Gasteiger partial charge in [-0.25, -0.2) is 4.79 Å². The molecule has 0 spiro atoms. The number of carbonyl (C=O) groups excluding carboxylic acids is 1. The zero-order chi connectivity index (χ0) is 12.7. The van der Waals surface area contributed by atoms with Crippen LogP contribution in [0.4, 0.5) is 4.79 Å². The predicted octanol–water partition coefficient (Wildman–Crippen LogP) is 1.60. The average molecular weight is 240 g/mol. The summed E-state index contributed by atoms with van der Waals surface area (Å²) in [7, 11) is 0. The van der Waals surface area contributed by atoms with Crippen molar-refractivity contribution in [3.05, 3.63) is 12.2 Å². The normalized spacial score (nSPS) is 14.9. The van der Waals surface area contributed by atoms with E-state index in [-0.39, 0.29) is 18.5 Å². The van der Waals surface area contributed by atoms with E-state index >= 15 is 0 Å². The number of hydrogen-bond acceptors (Lipinski definition) is 2. The first-order chi connectivity index (χ1) is 8.15. The molecule has 0 radical (unpaired) electrons. The fourth-order valence-electron chi connectivity index (χ4n) is 1.58. The van der Waals surface area contributed by atoms with Crippen LogP contribution >= 0.6 is 0 Å². The van der Waals surface area contributed by atoms with Gasteiger partial charge in [0, 0.05) is 19.1 Å². The van der Waals surface area contributed by atoms with Crippen molar-refractivity contribution < 1.29 is 14.7 Å². The summed E-state index contributed by atoms with van der Waals surface area (Å²) in [6.45, 7) is 2.83. The van der Waals surface area contributed by atoms with Crippen LogP contribution in [0.1, 0.15) is 32.6 Å². The molecule has 0 saturated heterocycles. The van der Waals surface area contributed by atoms with Crippen LogP contribution in [0.5, 0.6) is 0 Å². The van der Waals surface area contributed by atoms with E-state index < -0.39 is 5.97 Å². The van der Waals surface area contributed by atoms with Crippen molar-refractivity contribution in [1.29, 1.82) is 0 Å². The molecule has 2 N–H and O–H groups in total. The number of amides is 2. The van der Waals surface area contributed by atoms with Crippen molar-refractivity contribution in [2.24, 2.45) is 0 Å². The van der Waals surface area contributed by atoms with E-state index in [4.69, 9.17) is 5.11 Å². The fourth-order valence-corrected chi connectivity index (χ4v) is 1.58. The van der Waals surface area contributed by atoms with Crippen molar-refractivity contribution in [2.75, 3.05) is 13.1 Å². The number of urea groups is 1. The lowest BCUT2D eigenvalue weighted by Crippen LogP contribution is -2.42. The van der Waals surface area contributed by atoms with Crippen LogP contribution in [0.2, 0.25) is 0 Å². The number of nitrogens with one attached hydrogen (secondary N) is 1. The molecule has 0 aliphatic heterocycles. The summed E-state index contributed by atoms with van der Waals surface area (Å²) in [5, 5.41) is 11.4. The van der Waals surface area contributed by atoms with Crippen LogP contribution in [-0.2, 0) is 4.79 Å². The highest BCUT2D eigenvalue weighted by atomic mass is 16.4. The number of carboxylic acids is 1. The number of nitrogens with zero attached hydrogens (tertiary/aromatic N) is 1. The van der Waals surface area contributed by atoms with E-state index in [2.05, 4.69) is 5.32 Å². The van der Waals surface area contributed by atoms with Crippen molar-refractivity contribution in [3.8, 4) is 0 Å². The Hall–Kier alpha value is -1.52. The highest BCUT2D eigenvalue weighted by molar-refractivity contribution is 5.76. The molecular formula is C12H20N2O3. The Kier molecular flexibility index (Phi) is 5.52. The van der Waals surface area contributed by atoms with Gasteiger partial charge in [0.15, 0.2) is 0 Å². The van der Waals surface area contributed by atoms with Crippen molar-refractivity contribution >= 4 is 12.0 Å². The zero-order valence-corrected chi connectivity index (χ0v) is 10.2. The van der Waals surface area contributed by atoms with Crippen LogP contribution in [-0.4, -0.2) is 41.1 Å². The van der Waals surface area contributed by atoms with E-state index in [1.807, 2.05) is 19.1 Å². The Morgan fingerprint density at radius 1 is 1.47 bits per heavy atom. The first kappa shape index (κ1) is 13.5. The second kappa shape index (κ2) is 6.93. The summed E-state index contributed by atoms with van der Waals surface area (Å²) >= 11 is 0. The minimum atomic E-state index is -0.864. The van der Waals surface area contributed by atoms with Crippen molar-refractivity contribution in [1.82, 2.24) is 10.2 Å². The lowest BCUT2D eigenvalue weighted by molar-refractivity contribution is -0.137. The lowest BCUT2D eigenvalue weighted by Gasteiger charge is -2.21. The summed E-state index contributed by atoms with van der Waals surface area (Å²) in [6, 6.07) is 0.106. The maximum atomic E-state index is 11.8. The van der Waals surface area contributed by atoms with Gasteiger partial charge in [0.2, 0.25) is 0 Å². The summed E-state index contributed by atoms with van der Waals surface area (Å²) < 4.78 is 0. The van der Waals surface area contributed by atoms with Crippen molar-refractivity contribution in [3.63, 3.8) is 0 Å². The first-order valence-electron chi connectivity index (χ1n) is 6.02. The quantitative estimate of drug-likeness (QED) is 0.524. The molecule has 1 fully saturated rings. The molecular weight excluding hydrogens is 220 g/mol. The van der Waals surface area contributed by atoms with Gasteiger partial charge in [-0.1, -0.05) is 12.2 Å². The minimum absolute atomic E-state index is 0.0127. The molecule has 1 rings (SSSR count). The highest BCUT2D eigenvalue weighted by Crippen LogP contribution is 2.26. The number of carbonyl (C=O) groups is 2. The zero-order valence-electron chi connectivity index (χ0n) is 10.2. The molecule has 17 heavy (non-hydrogen) atoms. The Morgan fingerprint density at radius 2 is 2.18 bits per heavy atom. The molecule has 1 aliphatic carbocycles. The van der Waals surface area contributed by atoms with Gasteiger partial charge in [0.1, 0.15) is 0 Å². The van der Waals surface area contributed by atoms with Crippen LogP contribution in [0.25, 0.3) is 0 Å². The predicted molar refractivity (Wildman–Crippen MR) is 64.8 cm³/mol. The third kappa shape index (κ3) is 5.38. The molecule has 2 amide bonds. The number of hydrogen-bond donors (Lipinski definition) is 2. The van der Waals surface area contributed by atoms with Gasteiger partial charge >= 0.3 is 12.0 Å². The molecule has 0 unspecified atom stereocenters. The molecule has 0 bridgehead atoms. The van der Waals surface area contributed by atoms with Crippen LogP contribution in [0.15, 0.2) is 12.2 Å². The van der Waals surface area contributed by atoms with Gasteiger partial charge in [-0.3, -0.25) is 4.79 Å². The number of rotatable bonds is 7. The van der Waals surface area contributed by atoms with Gasteiger partial charge < -0.3 is 15.3 Å². The minimum Gasteiger partial charge on any atom is -0.481 e. The molecule has 1 aliphatic rings. The van der Waals surface area contributed by atoms with Crippen LogP contribution in [0, 0.1) is 0 Å². The number of carboxylic acid groups (broad SMARTS) is 1. The molecule has 0 aromatic heterocycles. The maximum absolute atomic E-state index is 11.8. The van der Waals surface area contributed by atoms with Gasteiger partial charge in [0.05, 0.1) is 6.42 Å². The maximum Gasteiger partial charge on any atom is 0.317 e. The third-order valence-corrected chi connectivity index (χ3v) is 2.64. The van der Waals surface area contributed by atoms with E-state index in [9.17, 15) is 9.59 Å². The third-order valence-electron chi connectivity index (χ3n) is 2.64. The van der Waals surface area contributed by atoms with Gasteiger partial charge in [-0.2, -0.15) is 0 Å². The van der Waals surface area contributed by atoms with Crippen LogP contribution in [0.3, 0.4) is 0 Å². The molecule has 0 atom stereocenters. The Morgan fingerprint density at radius 3 is 2.71 bits per heavy atom. The van der Waals surface area contributed by atoms with E-state index in [0.717, 1.165) is 19.3 Å². The van der Waals surface area contributed by atoms with Gasteiger partial charge in [-0.05, 0) is 26.2 Å². The van der Waals surface area contributed by atoms with Gasteiger partial charge in [-0.15, -0.1) is 0 Å². The summed E-state index contributed by atoms with van der Waals surface area (Å²) in [4.78, 5) is 23.9. The Bertz CT molecular complexity index is 298. The molecule has 1 saturated carbocycles. The first-order valence-corrected chi connectivity index (χ1v) is 6.02. The molecule has 0 heterocycles. The van der Waals surface area contributed by atoms with E-state index in [1.54, 1.807) is 4.90 Å². The molecule has 96 valence electrons. The second-order valence-corrected chi connectivity index (χ2v) is 4.16. The lowest BCUT2D eigenvalue weighted by atomic mass is 10.3. The van der Waals surface area contributed by atoms with E-state index in [1.165, 1.54) is 0 Å². The second-order valence-electron chi connectivity index (χ2n) is 4.16. The monoisotopic (exact) mass is 240 g/mol. The highest BCUT2D eigenvalue weighted by Gasteiger charge is 2.32. The summed E-state index contributed by atoms with van der Waals surface area (Å²) in [5.74, 6) is -0.864. The standard InChI is InChI=1S/C12H20N2O3/c1-2-3-4-8-13-12(17)14(10-5-6-10)9-7-11(15)16/h2-3,10H,4-9H2,1H3,(H,13,17)(H,15,16)/b3-2+. The molecule has 0 aromatic carbocycles. The SMILES string of the molecule is C/C=C/CCNC(=O)N(CCC(=O)O)C1CC1. The smallest absolute Gasteiger partial charge is 0.317 e. The molecule has 5 heteroatoms. The van der Waals surface area contributed by atoms with E-state index in [0.29, 0.717) is 13.1 Å². The van der Waals surface area contributed by atoms with Gasteiger partial charge in [0.25, 0.3) is 0 Å². The summed E-state index contributed by atoms with van der Waals surface area (Å²) in [5.41, 5.74) is 0. The Labute approximate surface area is 101 Å². The van der Waals surface area contributed by atoms with Crippen LogP contribution < -0.4 is 5.32 Å².